The second-order valence-electron chi connectivity index (χ2n) is 13.2. The number of aliphatic hydroxyl groups is 3. The van der Waals surface area contributed by atoms with Crippen LogP contribution in [0.15, 0.2) is 23.0 Å². The van der Waals surface area contributed by atoms with Gasteiger partial charge < -0.3 is 44.7 Å². The highest BCUT2D eigenvalue weighted by Gasteiger charge is 2.85. The average molecular weight is 622 g/mol. The Morgan fingerprint density at radius 3 is 2.41 bits per heavy atom. The number of esters is 4. The number of nitrogens with two attached hydrogens (primary N) is 1. The zero-order valence-electron chi connectivity index (χ0n) is 25.4. The molecule has 5 rings (SSSR count). The Morgan fingerprint density at radius 2 is 1.82 bits per heavy atom. The number of carbonyl (C=O) groups excluding carboxylic acids is 5. The van der Waals surface area contributed by atoms with E-state index in [-0.39, 0.29) is 25.2 Å². The largest absolute Gasteiger partial charge is 0.467 e. The number of methoxy groups -OCH3 is 1. The first kappa shape index (κ1) is 32.2. The maximum Gasteiger partial charge on any atom is 0.348 e. The number of hydrogen-bond donors (Lipinski definition) is 4. The van der Waals surface area contributed by atoms with Gasteiger partial charge in [0, 0.05) is 23.8 Å². The van der Waals surface area contributed by atoms with Crippen molar-refractivity contribution in [3.8, 4) is 0 Å². The Kier molecular flexibility index (Phi) is 7.86. The molecule has 44 heavy (non-hydrogen) atoms. The van der Waals surface area contributed by atoms with Crippen molar-refractivity contribution in [1.82, 2.24) is 0 Å². The van der Waals surface area contributed by atoms with Gasteiger partial charge in [0.1, 0.15) is 18.2 Å². The van der Waals surface area contributed by atoms with Gasteiger partial charge in [0.15, 0.2) is 11.5 Å². The number of rotatable bonds is 6. The monoisotopic (exact) mass is 621 g/mol. The lowest BCUT2D eigenvalue weighted by molar-refractivity contribution is -0.290. The Bertz CT molecular complexity index is 1370. The van der Waals surface area contributed by atoms with Crippen LogP contribution in [-0.2, 0) is 47.7 Å². The molecule has 1 spiro atoms. The molecule has 0 aromatic heterocycles. The van der Waals surface area contributed by atoms with Crippen LogP contribution in [0.2, 0.25) is 0 Å². The molecule has 0 aromatic rings. The molecule has 5 N–H and O–H groups in total. The molecule has 242 valence electrons. The Labute approximate surface area is 253 Å². The summed E-state index contributed by atoms with van der Waals surface area (Å²) in [6.07, 6.45) is -6.65. The maximum atomic E-state index is 13.6. The molecule has 2 saturated heterocycles. The lowest BCUT2D eigenvalue weighted by Crippen LogP contribution is -2.79. The number of hydrogen-bond acceptors (Lipinski definition) is 14. The van der Waals surface area contributed by atoms with E-state index < -0.39 is 100 Å². The minimum absolute atomic E-state index is 0.0654. The van der Waals surface area contributed by atoms with Gasteiger partial charge in [-0.3, -0.25) is 4.79 Å². The lowest BCUT2D eigenvalue weighted by Gasteiger charge is -2.67. The molecule has 2 saturated carbocycles. The van der Waals surface area contributed by atoms with E-state index in [1.165, 1.54) is 6.92 Å². The maximum absolute atomic E-state index is 13.6. The summed E-state index contributed by atoms with van der Waals surface area (Å²) in [5.41, 5.74) is 1.80. The van der Waals surface area contributed by atoms with Crippen molar-refractivity contribution in [2.24, 2.45) is 34.3 Å². The Morgan fingerprint density at radius 1 is 1.16 bits per heavy atom. The molecule has 0 amide bonds. The quantitative estimate of drug-likeness (QED) is 0.162. The summed E-state index contributed by atoms with van der Waals surface area (Å²) >= 11 is 0. The molecule has 1 unspecified atom stereocenters. The third kappa shape index (κ3) is 4.21. The number of allylic oxidation sites excluding steroid dienone is 3. The number of carbonyl (C=O) groups is 5. The van der Waals surface area contributed by atoms with Gasteiger partial charge in [-0.1, -0.05) is 12.5 Å². The topological polar surface area (TPSA) is 218 Å². The van der Waals surface area contributed by atoms with E-state index in [2.05, 4.69) is 0 Å². The van der Waals surface area contributed by atoms with E-state index in [0.29, 0.717) is 11.1 Å². The highest BCUT2D eigenvalue weighted by molar-refractivity contribution is 5.98. The van der Waals surface area contributed by atoms with Crippen molar-refractivity contribution < 1.29 is 63.0 Å². The normalized spacial score (nSPS) is 41.8. The molecule has 14 nitrogen and oxygen atoms in total. The predicted octanol–water partition coefficient (Wildman–Crippen LogP) is -0.790. The Hall–Kier alpha value is -3.17. The molecular formula is C30H39NO13. The van der Waals surface area contributed by atoms with Crippen LogP contribution in [0.1, 0.15) is 47.5 Å². The molecule has 14 heteroatoms. The first-order valence-electron chi connectivity index (χ1n) is 14.5. The third-order valence-electron chi connectivity index (χ3n) is 10.5. The van der Waals surface area contributed by atoms with Crippen molar-refractivity contribution in [2.45, 2.75) is 89.6 Å². The van der Waals surface area contributed by atoms with E-state index in [1.807, 2.05) is 0 Å². The molecular weight excluding hydrogens is 582 g/mol. The summed E-state index contributed by atoms with van der Waals surface area (Å²) in [5, 5.41) is 33.3. The number of ether oxygens (including phenoxy) is 5. The van der Waals surface area contributed by atoms with Crippen molar-refractivity contribution in [2.75, 3.05) is 13.7 Å². The van der Waals surface area contributed by atoms with E-state index in [9.17, 15) is 39.3 Å². The summed E-state index contributed by atoms with van der Waals surface area (Å²) in [7, 11) is 1.07. The van der Waals surface area contributed by atoms with Crippen molar-refractivity contribution >= 4 is 29.7 Å². The van der Waals surface area contributed by atoms with Crippen LogP contribution < -0.4 is 5.73 Å². The Balaban J connectivity index is 1.66. The zero-order chi connectivity index (χ0) is 32.7. The summed E-state index contributed by atoms with van der Waals surface area (Å²) < 4.78 is 28.0. The minimum atomic E-state index is -2.29. The molecule has 0 aromatic carbocycles. The van der Waals surface area contributed by atoms with Crippen LogP contribution in [0.25, 0.3) is 0 Å². The van der Waals surface area contributed by atoms with E-state index in [4.69, 9.17) is 29.4 Å². The average Bonchev–Trinajstić information content (AvgIpc) is 3.24. The minimum Gasteiger partial charge on any atom is -0.467 e. The summed E-state index contributed by atoms with van der Waals surface area (Å²) in [5.74, 6) is -7.77. The van der Waals surface area contributed by atoms with Gasteiger partial charge in [-0.05, 0) is 51.0 Å². The van der Waals surface area contributed by atoms with Gasteiger partial charge in [-0.25, -0.2) is 19.2 Å². The highest BCUT2D eigenvalue weighted by Crippen LogP contribution is 2.72. The van der Waals surface area contributed by atoms with Gasteiger partial charge in [0.05, 0.1) is 31.8 Å². The van der Waals surface area contributed by atoms with Crippen molar-refractivity contribution in [3.63, 3.8) is 0 Å². The molecule has 2 aliphatic heterocycles. The van der Waals surface area contributed by atoms with Crippen molar-refractivity contribution in [3.05, 3.63) is 23.0 Å². The fourth-order valence-electron chi connectivity index (χ4n) is 8.74. The van der Waals surface area contributed by atoms with Crippen LogP contribution in [0.3, 0.4) is 0 Å². The van der Waals surface area contributed by atoms with Gasteiger partial charge >= 0.3 is 23.9 Å². The molecule has 4 fully saturated rings. The first-order chi connectivity index (χ1) is 20.5. The van der Waals surface area contributed by atoms with Gasteiger partial charge in [0.2, 0.25) is 11.7 Å². The number of aliphatic hydroxyl groups excluding tert-OH is 3. The third-order valence-corrected chi connectivity index (χ3v) is 10.5. The van der Waals surface area contributed by atoms with Crippen LogP contribution in [0.5, 0.6) is 0 Å². The van der Waals surface area contributed by atoms with Crippen LogP contribution in [0.4, 0.5) is 0 Å². The summed E-state index contributed by atoms with van der Waals surface area (Å²) in [4.78, 5) is 66.1. The first-order valence-corrected chi connectivity index (χ1v) is 14.5. The predicted molar refractivity (Wildman–Crippen MR) is 146 cm³/mol. The molecule has 2 bridgehead atoms. The van der Waals surface area contributed by atoms with Crippen LogP contribution in [-0.4, -0.2) is 101 Å². The van der Waals surface area contributed by atoms with E-state index in [1.54, 1.807) is 27.7 Å². The lowest BCUT2D eigenvalue weighted by atomic mass is 9.38. The summed E-state index contributed by atoms with van der Waals surface area (Å²) in [6.45, 7) is 7.64. The molecule has 2 heterocycles. The van der Waals surface area contributed by atoms with E-state index in [0.717, 1.165) is 13.2 Å². The molecule has 0 radical (unpaired) electrons. The smallest absolute Gasteiger partial charge is 0.348 e. The molecule has 12 atom stereocenters. The summed E-state index contributed by atoms with van der Waals surface area (Å²) in [6, 6.07) is -1.41. The van der Waals surface area contributed by atoms with Crippen LogP contribution >= 0.6 is 0 Å². The number of fused-ring (bicyclic) bond motifs is 2. The van der Waals surface area contributed by atoms with Gasteiger partial charge in [-0.15, -0.1) is 0 Å². The molecule has 3 aliphatic carbocycles. The van der Waals surface area contributed by atoms with Crippen LogP contribution in [0, 0.1) is 28.6 Å². The SMILES string of the molecule is COC(=O)[C@@]12OC[C@]34C([C@@H](O)[C@@H]1O)[C@@]1(C)CC(=O)C(OC(=O)[C@@H](N)[C@@H](C)O)=C(C)[C@@H]1C[C@H]3OC(=O)[C@H](OC(=O)C=C(C)C)[C@@H]24. The van der Waals surface area contributed by atoms with Gasteiger partial charge in [-0.2, -0.15) is 0 Å². The van der Waals surface area contributed by atoms with Gasteiger partial charge in [0.25, 0.3) is 0 Å². The molecule has 5 aliphatic rings. The standard InChI is InChI=1S/C30H39NO13/c1-11(2)7-17(34)43-21-23-29-10-41-30(23,27(39)40-6)24(36)19(35)22(29)28(5)9-15(33)20(44-25(37)18(31)13(4)32)12(3)14(28)8-16(29)42-26(21)38/h7,13-14,16,18-19,21-24,32,35-36H,8-10,31H2,1-6H3/t13-,14+,16-,18+,19-,21-,22?,23-,24+,28+,29-,30+/m1/s1. The fourth-order valence-corrected chi connectivity index (χ4v) is 8.74. The highest BCUT2D eigenvalue weighted by atomic mass is 16.6. The number of ketones is 1. The number of Topliss-reactive ketones (excluding diaryl/α,β-unsaturated/α-hetero) is 1. The van der Waals surface area contributed by atoms with E-state index >= 15 is 0 Å². The van der Waals surface area contributed by atoms with Crippen molar-refractivity contribution in [1.29, 1.82) is 0 Å². The second-order valence-corrected chi connectivity index (χ2v) is 13.2. The zero-order valence-corrected chi connectivity index (χ0v) is 25.4. The second kappa shape index (κ2) is 10.7. The fraction of sp³-hybridized carbons (Fsp3) is 0.700.